The number of nitrogens with zero attached hydrogens (tertiary/aromatic N) is 4. The highest BCUT2D eigenvalue weighted by Crippen LogP contribution is 2.21. The van der Waals surface area contributed by atoms with Crippen molar-refractivity contribution in [2.75, 3.05) is 19.7 Å². The average molecular weight is 456 g/mol. The highest BCUT2D eigenvalue weighted by molar-refractivity contribution is 5.90. The minimum Gasteiger partial charge on any atom is -0.484 e. The van der Waals surface area contributed by atoms with Crippen molar-refractivity contribution in [3.63, 3.8) is 0 Å². The number of carbonyl (C=O) groups excluding carboxylic acids is 2. The molecular weight excluding hydrogens is 440 g/mol. The van der Waals surface area contributed by atoms with E-state index in [1.807, 2.05) is 0 Å². The van der Waals surface area contributed by atoms with E-state index in [1.165, 1.54) is 48.5 Å². The third-order valence-electron chi connectivity index (χ3n) is 4.09. The molecule has 2 aromatic carbocycles. The molecule has 1 aromatic heterocycles. The zero-order valence-electron chi connectivity index (χ0n) is 16.8. The van der Waals surface area contributed by atoms with E-state index in [9.17, 15) is 29.8 Å². The Balaban J connectivity index is 1.40. The molecule has 0 aliphatic carbocycles. The van der Waals surface area contributed by atoms with Crippen LogP contribution in [0.3, 0.4) is 0 Å². The number of hydrogen-bond acceptors (Lipinski definition) is 10. The van der Waals surface area contributed by atoms with Crippen molar-refractivity contribution >= 4 is 23.2 Å². The molecule has 0 aliphatic heterocycles. The maximum Gasteiger partial charge on any atom is 0.316 e. The first kappa shape index (κ1) is 22.8. The van der Waals surface area contributed by atoms with Crippen LogP contribution in [0.2, 0.25) is 0 Å². The highest BCUT2D eigenvalue weighted by atomic mass is 16.6. The van der Waals surface area contributed by atoms with Gasteiger partial charge in [-0.3, -0.25) is 29.8 Å². The Morgan fingerprint density at radius 1 is 0.970 bits per heavy atom. The Kier molecular flexibility index (Phi) is 7.20. The predicted octanol–water partition coefficient (Wildman–Crippen LogP) is 1.48. The number of rotatable bonds is 10. The van der Waals surface area contributed by atoms with E-state index in [0.717, 1.165) is 0 Å². The van der Waals surface area contributed by atoms with Gasteiger partial charge in [0.25, 0.3) is 17.3 Å². The molecule has 0 spiro atoms. The molecule has 1 heterocycles. The Morgan fingerprint density at radius 3 is 2.36 bits per heavy atom. The fourth-order valence-electron chi connectivity index (χ4n) is 2.51. The molecule has 0 saturated carbocycles. The summed E-state index contributed by atoms with van der Waals surface area (Å²) in [6.07, 6.45) is 0. The van der Waals surface area contributed by atoms with Crippen LogP contribution in [0.4, 0.5) is 11.4 Å². The first-order chi connectivity index (χ1) is 15.8. The number of nitro benzene ring substituents is 2. The molecule has 0 unspecified atom stereocenters. The molecule has 0 radical (unpaired) electrons. The van der Waals surface area contributed by atoms with Crippen LogP contribution < -0.4 is 15.4 Å². The van der Waals surface area contributed by atoms with Crippen LogP contribution in [0, 0.1) is 20.2 Å². The lowest BCUT2D eigenvalue weighted by Crippen LogP contribution is -2.36. The summed E-state index contributed by atoms with van der Waals surface area (Å²) >= 11 is 0. The molecule has 0 atom stereocenters. The summed E-state index contributed by atoms with van der Waals surface area (Å²) in [5.41, 5.74) is 0.0601. The smallest absolute Gasteiger partial charge is 0.316 e. The van der Waals surface area contributed by atoms with Gasteiger partial charge in [0.15, 0.2) is 6.61 Å². The number of aromatic nitrogens is 2. The lowest BCUT2D eigenvalue weighted by molar-refractivity contribution is -0.385. The van der Waals surface area contributed by atoms with Crippen molar-refractivity contribution in [2.24, 2.45) is 0 Å². The van der Waals surface area contributed by atoms with E-state index in [4.69, 9.17) is 9.26 Å². The number of nitrogens with one attached hydrogen (secondary N) is 2. The van der Waals surface area contributed by atoms with Gasteiger partial charge in [0.2, 0.25) is 5.82 Å². The Labute approximate surface area is 184 Å². The van der Waals surface area contributed by atoms with E-state index in [0.29, 0.717) is 11.3 Å². The number of hydrogen-bond donors (Lipinski definition) is 2. The average Bonchev–Trinajstić information content (AvgIpc) is 3.31. The van der Waals surface area contributed by atoms with Crippen LogP contribution in [0.25, 0.3) is 11.4 Å². The third kappa shape index (κ3) is 6.30. The standard InChI is InChI=1S/C19H16N6O8/c26-16(11-32-15-6-4-13(5-7-15)24(28)29)20-8-9-21-18(27)19-22-17(23-33-19)12-2-1-3-14(10-12)25(30)31/h1-7,10H,8-9,11H2,(H,20,26)(H,21,27). The van der Waals surface area contributed by atoms with Gasteiger partial charge in [0, 0.05) is 42.9 Å². The molecule has 14 nitrogen and oxygen atoms in total. The number of carbonyl (C=O) groups is 2. The fraction of sp³-hybridized carbons (Fsp3) is 0.158. The molecule has 0 bridgehead atoms. The maximum atomic E-state index is 12.1. The van der Waals surface area contributed by atoms with Crippen molar-refractivity contribution in [1.82, 2.24) is 20.8 Å². The number of non-ortho nitro benzene ring substituents is 2. The van der Waals surface area contributed by atoms with Gasteiger partial charge in [-0.2, -0.15) is 4.98 Å². The minimum atomic E-state index is -0.685. The number of nitro groups is 2. The molecule has 14 heteroatoms. The summed E-state index contributed by atoms with van der Waals surface area (Å²) < 4.78 is 10.1. The molecule has 33 heavy (non-hydrogen) atoms. The van der Waals surface area contributed by atoms with Crippen LogP contribution in [0.15, 0.2) is 53.1 Å². The maximum absolute atomic E-state index is 12.1. The van der Waals surface area contributed by atoms with Crippen molar-refractivity contribution in [1.29, 1.82) is 0 Å². The van der Waals surface area contributed by atoms with Crippen LogP contribution in [0.1, 0.15) is 10.7 Å². The summed E-state index contributed by atoms with van der Waals surface area (Å²) in [7, 11) is 0. The van der Waals surface area contributed by atoms with Crippen LogP contribution in [-0.2, 0) is 4.79 Å². The summed E-state index contributed by atoms with van der Waals surface area (Å²) in [5.74, 6) is -1.19. The van der Waals surface area contributed by atoms with Gasteiger partial charge in [-0.15, -0.1) is 0 Å². The normalized spacial score (nSPS) is 10.3. The van der Waals surface area contributed by atoms with E-state index in [1.54, 1.807) is 0 Å². The van der Waals surface area contributed by atoms with E-state index in [2.05, 4.69) is 20.8 Å². The molecule has 3 aromatic rings. The van der Waals surface area contributed by atoms with Gasteiger partial charge in [0.1, 0.15) is 5.75 Å². The zero-order chi connectivity index (χ0) is 23.8. The predicted molar refractivity (Wildman–Crippen MR) is 110 cm³/mol. The molecule has 2 N–H and O–H groups in total. The quantitative estimate of drug-likeness (QED) is 0.256. The molecule has 0 saturated heterocycles. The van der Waals surface area contributed by atoms with E-state index >= 15 is 0 Å². The molecule has 0 aliphatic rings. The van der Waals surface area contributed by atoms with Gasteiger partial charge in [0.05, 0.1) is 9.85 Å². The molecule has 3 rings (SSSR count). The van der Waals surface area contributed by atoms with E-state index in [-0.39, 0.29) is 42.8 Å². The van der Waals surface area contributed by atoms with E-state index < -0.39 is 21.7 Å². The molecule has 0 fully saturated rings. The summed E-state index contributed by atoms with van der Waals surface area (Å²) in [6, 6.07) is 10.8. The van der Waals surface area contributed by atoms with Gasteiger partial charge in [-0.25, -0.2) is 0 Å². The summed E-state index contributed by atoms with van der Waals surface area (Å²) in [4.78, 5) is 48.1. The second-order valence-corrected chi connectivity index (χ2v) is 6.38. The van der Waals surface area contributed by atoms with Crippen LogP contribution in [0.5, 0.6) is 5.75 Å². The molecular formula is C19H16N6O8. The van der Waals surface area contributed by atoms with Crippen molar-refractivity contribution in [3.05, 3.63) is 74.7 Å². The lowest BCUT2D eigenvalue weighted by Gasteiger charge is -2.07. The zero-order valence-corrected chi connectivity index (χ0v) is 16.8. The second kappa shape index (κ2) is 10.4. The minimum absolute atomic E-state index is 0.0144. The monoisotopic (exact) mass is 456 g/mol. The Bertz CT molecular complexity index is 1180. The van der Waals surface area contributed by atoms with Gasteiger partial charge >= 0.3 is 11.8 Å². The topological polar surface area (TPSA) is 193 Å². The van der Waals surface area contributed by atoms with Crippen molar-refractivity contribution in [2.45, 2.75) is 0 Å². The number of benzene rings is 2. The Morgan fingerprint density at radius 2 is 1.67 bits per heavy atom. The highest BCUT2D eigenvalue weighted by Gasteiger charge is 2.17. The fourth-order valence-corrected chi connectivity index (χ4v) is 2.51. The SMILES string of the molecule is O=C(COc1ccc([N+](=O)[O-])cc1)NCCNC(=O)c1nc(-c2cccc([N+](=O)[O-])c2)no1. The summed E-state index contributed by atoms with van der Waals surface area (Å²) in [5, 5.41) is 30.1. The van der Waals surface area contributed by atoms with Gasteiger partial charge < -0.3 is 19.9 Å². The number of ether oxygens (including phenoxy) is 1. The first-order valence-electron chi connectivity index (χ1n) is 9.34. The number of amides is 2. The van der Waals surface area contributed by atoms with Crippen LogP contribution in [-0.4, -0.2) is 51.5 Å². The van der Waals surface area contributed by atoms with Crippen molar-refractivity contribution < 1.29 is 28.7 Å². The largest absolute Gasteiger partial charge is 0.484 e. The third-order valence-corrected chi connectivity index (χ3v) is 4.09. The first-order valence-corrected chi connectivity index (χ1v) is 9.34. The van der Waals surface area contributed by atoms with Gasteiger partial charge in [-0.05, 0) is 12.1 Å². The molecule has 2 amide bonds. The molecule has 170 valence electrons. The van der Waals surface area contributed by atoms with Gasteiger partial charge in [-0.1, -0.05) is 17.3 Å². The summed E-state index contributed by atoms with van der Waals surface area (Å²) in [6.45, 7) is -0.182. The van der Waals surface area contributed by atoms with Crippen molar-refractivity contribution in [3.8, 4) is 17.1 Å². The second-order valence-electron chi connectivity index (χ2n) is 6.38. The van der Waals surface area contributed by atoms with Crippen LogP contribution >= 0.6 is 0 Å². The Hall–Kier alpha value is -4.88. The lowest BCUT2D eigenvalue weighted by atomic mass is 10.2.